The third-order valence-corrected chi connectivity index (χ3v) is 5.39. The molecule has 0 radical (unpaired) electrons. The zero-order valence-electron chi connectivity index (χ0n) is 18.4. The molecular weight excluding hydrogens is 418 g/mol. The Morgan fingerprint density at radius 3 is 1.97 bits per heavy atom. The molecule has 0 aromatic heterocycles. The lowest BCUT2D eigenvalue weighted by molar-refractivity contribution is 0.240. The van der Waals surface area contributed by atoms with Gasteiger partial charge in [-0.1, -0.05) is 42.3 Å². The smallest absolute Gasteiger partial charge is 0.130 e. The van der Waals surface area contributed by atoms with E-state index in [0.29, 0.717) is 35.4 Å². The molecule has 0 fully saturated rings. The molecule has 0 heterocycles. The molecule has 0 aliphatic rings. The molecule has 33 heavy (non-hydrogen) atoms. The first-order chi connectivity index (χ1) is 16.1. The number of aliphatic hydroxyl groups is 3. The van der Waals surface area contributed by atoms with Crippen molar-refractivity contribution in [2.45, 2.75) is 38.8 Å². The van der Waals surface area contributed by atoms with E-state index in [9.17, 15) is 20.4 Å². The van der Waals surface area contributed by atoms with E-state index in [1.54, 1.807) is 24.3 Å². The van der Waals surface area contributed by atoms with Crippen molar-refractivity contribution in [3.05, 3.63) is 94.0 Å². The second kappa shape index (κ2) is 12.0. The number of nitrogens with one attached hydrogen (secondary N) is 1. The van der Waals surface area contributed by atoms with Crippen molar-refractivity contribution in [3.8, 4) is 23.8 Å². The Morgan fingerprint density at radius 2 is 1.42 bits per heavy atom. The van der Waals surface area contributed by atoms with Gasteiger partial charge in [-0.25, -0.2) is 0 Å². The van der Waals surface area contributed by atoms with Crippen molar-refractivity contribution in [1.82, 2.24) is 5.32 Å². The maximum Gasteiger partial charge on any atom is 0.130 e. The lowest BCUT2D eigenvalue weighted by Crippen LogP contribution is -2.34. The lowest BCUT2D eigenvalue weighted by Gasteiger charge is -2.17. The molecule has 3 rings (SSSR count). The number of rotatable bonds is 11. The molecule has 0 unspecified atom stereocenters. The number of aliphatic hydroxyl groups excluding tert-OH is 3. The van der Waals surface area contributed by atoms with Gasteiger partial charge in [-0.2, -0.15) is 0 Å². The number of hydrogen-bond acceptors (Lipinski definition) is 6. The van der Waals surface area contributed by atoms with E-state index in [0.717, 1.165) is 16.7 Å². The zero-order valence-corrected chi connectivity index (χ0v) is 18.4. The van der Waals surface area contributed by atoms with Crippen LogP contribution in [0.4, 0.5) is 0 Å². The van der Waals surface area contributed by atoms with E-state index < -0.39 is 0 Å². The molecule has 0 amide bonds. The highest BCUT2D eigenvalue weighted by Gasteiger charge is 2.12. The summed E-state index contributed by atoms with van der Waals surface area (Å²) in [7, 11) is 0. The largest absolute Gasteiger partial charge is 0.508 e. The first-order valence-electron chi connectivity index (χ1n) is 10.7. The van der Waals surface area contributed by atoms with Gasteiger partial charge in [0.1, 0.15) is 18.1 Å². The lowest BCUT2D eigenvalue weighted by atomic mass is 10.0. The quantitative estimate of drug-likeness (QED) is 0.290. The van der Waals surface area contributed by atoms with Crippen LogP contribution in [-0.4, -0.2) is 33.1 Å². The average Bonchev–Trinajstić information content (AvgIpc) is 2.86. The molecule has 172 valence electrons. The molecule has 0 aliphatic carbocycles. The van der Waals surface area contributed by atoms with E-state index in [1.165, 1.54) is 0 Å². The molecule has 1 atom stereocenters. The van der Waals surface area contributed by atoms with Crippen LogP contribution in [-0.2, 0) is 32.8 Å². The zero-order chi connectivity index (χ0) is 23.6. The highest BCUT2D eigenvalue weighted by atomic mass is 16.5. The van der Waals surface area contributed by atoms with Crippen molar-refractivity contribution in [2.24, 2.45) is 0 Å². The van der Waals surface area contributed by atoms with Crippen LogP contribution in [0.2, 0.25) is 0 Å². The van der Waals surface area contributed by atoms with Crippen molar-refractivity contribution in [3.63, 3.8) is 0 Å². The van der Waals surface area contributed by atoms with Crippen LogP contribution in [0.15, 0.2) is 60.7 Å². The molecule has 0 spiro atoms. The minimum Gasteiger partial charge on any atom is -0.508 e. The van der Waals surface area contributed by atoms with Gasteiger partial charge in [0.25, 0.3) is 0 Å². The fraction of sp³-hybridized carbons (Fsp3) is 0.259. The molecule has 6 heteroatoms. The minimum absolute atomic E-state index is 0.00560. The normalized spacial score (nSPS) is 11.7. The summed E-state index contributed by atoms with van der Waals surface area (Å²) >= 11 is 0. The van der Waals surface area contributed by atoms with E-state index in [-0.39, 0.29) is 38.2 Å². The van der Waals surface area contributed by atoms with Gasteiger partial charge in [-0.05, 0) is 47.4 Å². The molecule has 6 nitrogen and oxygen atoms in total. The van der Waals surface area contributed by atoms with Crippen molar-refractivity contribution >= 4 is 0 Å². The summed E-state index contributed by atoms with van der Waals surface area (Å²) < 4.78 is 5.91. The molecular formula is C27H29NO5. The van der Waals surface area contributed by atoms with Gasteiger partial charge < -0.3 is 30.5 Å². The van der Waals surface area contributed by atoms with Gasteiger partial charge in [-0.15, -0.1) is 6.42 Å². The first-order valence-corrected chi connectivity index (χ1v) is 10.7. The van der Waals surface area contributed by atoms with E-state index in [1.807, 2.05) is 36.4 Å². The standard InChI is InChI=1S/C27H29NO5/c1-2-19-11-23(15-29)27(24(12-19)16-30)33-18-22-5-3-21(4-6-22)14-28-25(17-31)13-20-7-9-26(32)10-8-20/h1,3-12,25,28-32H,13-18H2/t25-/m0/s1. The maximum atomic E-state index is 9.69. The van der Waals surface area contributed by atoms with Crippen LogP contribution in [0.1, 0.15) is 33.4 Å². The number of terminal acetylenes is 1. The summed E-state index contributed by atoms with van der Waals surface area (Å²) in [5.41, 5.74) is 4.70. The first kappa shape index (κ1) is 24.3. The number of ether oxygens (including phenoxy) is 1. The molecule has 3 aromatic carbocycles. The SMILES string of the molecule is C#Cc1cc(CO)c(OCc2ccc(CN[C@H](CO)Cc3ccc(O)cc3)cc2)c(CO)c1. The molecule has 5 N–H and O–H groups in total. The average molecular weight is 448 g/mol. The Kier molecular flexibility index (Phi) is 8.87. The third kappa shape index (κ3) is 6.82. The summed E-state index contributed by atoms with van der Waals surface area (Å²) in [5, 5.41) is 41.7. The predicted molar refractivity (Wildman–Crippen MR) is 127 cm³/mol. The van der Waals surface area contributed by atoms with Crippen LogP contribution in [0.3, 0.4) is 0 Å². The second-order valence-corrected chi connectivity index (χ2v) is 7.82. The van der Waals surface area contributed by atoms with E-state index in [4.69, 9.17) is 11.2 Å². The van der Waals surface area contributed by atoms with Crippen LogP contribution < -0.4 is 10.1 Å². The second-order valence-electron chi connectivity index (χ2n) is 7.82. The van der Waals surface area contributed by atoms with Crippen LogP contribution in [0, 0.1) is 12.3 Å². The predicted octanol–water partition coefficient (Wildman–Crippen LogP) is 2.63. The van der Waals surface area contributed by atoms with E-state index in [2.05, 4.69) is 11.2 Å². The summed E-state index contributed by atoms with van der Waals surface area (Å²) in [4.78, 5) is 0. The molecule has 0 saturated heterocycles. The third-order valence-electron chi connectivity index (χ3n) is 5.39. The van der Waals surface area contributed by atoms with Gasteiger partial charge in [0.2, 0.25) is 0 Å². The highest BCUT2D eigenvalue weighted by molar-refractivity contribution is 5.49. The van der Waals surface area contributed by atoms with Crippen molar-refractivity contribution in [2.75, 3.05) is 6.61 Å². The van der Waals surface area contributed by atoms with E-state index >= 15 is 0 Å². The molecule has 0 saturated carbocycles. The van der Waals surface area contributed by atoms with Gasteiger partial charge in [-0.3, -0.25) is 0 Å². The van der Waals surface area contributed by atoms with Crippen LogP contribution in [0.25, 0.3) is 0 Å². The summed E-state index contributed by atoms with van der Waals surface area (Å²) in [5.74, 6) is 3.19. The Morgan fingerprint density at radius 1 is 0.848 bits per heavy atom. The number of phenolic OH excluding ortho intramolecular Hbond substituents is 1. The summed E-state index contributed by atoms with van der Waals surface area (Å²) in [6.45, 7) is 0.410. The maximum absolute atomic E-state index is 9.69. The van der Waals surface area contributed by atoms with Gasteiger partial charge >= 0.3 is 0 Å². The van der Waals surface area contributed by atoms with Gasteiger partial charge in [0.15, 0.2) is 0 Å². The molecule has 3 aromatic rings. The fourth-order valence-corrected chi connectivity index (χ4v) is 3.55. The molecule has 0 bridgehead atoms. The Hall–Kier alpha value is -3.34. The monoisotopic (exact) mass is 447 g/mol. The summed E-state index contributed by atoms with van der Waals surface area (Å²) in [6.07, 6.45) is 6.09. The Labute approximate surface area is 194 Å². The fourth-order valence-electron chi connectivity index (χ4n) is 3.55. The number of phenols is 1. The molecule has 0 aliphatic heterocycles. The van der Waals surface area contributed by atoms with Gasteiger partial charge in [0.05, 0.1) is 19.8 Å². The Bertz CT molecular complexity index is 1050. The van der Waals surface area contributed by atoms with Crippen LogP contribution in [0.5, 0.6) is 11.5 Å². The summed E-state index contributed by atoms with van der Waals surface area (Å²) in [6, 6.07) is 18.1. The number of benzene rings is 3. The van der Waals surface area contributed by atoms with Crippen molar-refractivity contribution < 1.29 is 25.2 Å². The minimum atomic E-state index is -0.237. The van der Waals surface area contributed by atoms with Gasteiger partial charge in [0, 0.05) is 29.3 Å². The number of aromatic hydroxyl groups is 1. The highest BCUT2D eigenvalue weighted by Crippen LogP contribution is 2.27. The van der Waals surface area contributed by atoms with Crippen LogP contribution >= 0.6 is 0 Å². The number of hydrogen-bond donors (Lipinski definition) is 5. The topological polar surface area (TPSA) is 102 Å². The Balaban J connectivity index is 1.57. The van der Waals surface area contributed by atoms with Crippen molar-refractivity contribution in [1.29, 1.82) is 0 Å².